The molecule has 0 amide bonds. The van der Waals surface area contributed by atoms with Gasteiger partial charge in [-0.2, -0.15) is 0 Å². The first-order valence-electron chi connectivity index (χ1n) is 3.37. The topological polar surface area (TPSA) is 0 Å². The Labute approximate surface area is 80.4 Å². The molecule has 0 aliphatic rings. The van der Waals surface area contributed by atoms with Crippen LogP contribution in [0.25, 0.3) is 0 Å². The van der Waals surface area contributed by atoms with Gasteiger partial charge in [-0.05, 0) is 0 Å². The van der Waals surface area contributed by atoms with Crippen LogP contribution in [0, 0.1) is 0 Å². The van der Waals surface area contributed by atoms with Gasteiger partial charge in [0.25, 0.3) is 0 Å². The van der Waals surface area contributed by atoms with Gasteiger partial charge in [-0.1, -0.05) is 0 Å². The van der Waals surface area contributed by atoms with Crippen LogP contribution in [0.15, 0.2) is 30.3 Å². The van der Waals surface area contributed by atoms with Crippen LogP contribution in [0.1, 0.15) is 0 Å². The first kappa shape index (κ1) is 10.1. The number of hydrogen-bond donors (Lipinski definition) is 0. The van der Waals surface area contributed by atoms with Crippen LogP contribution in [0.3, 0.4) is 0 Å². The summed E-state index contributed by atoms with van der Waals surface area (Å²) in [5.74, 6) is 0. The molecule has 0 unspecified atom stereocenters. The Balaban J connectivity index is 3.14. The summed E-state index contributed by atoms with van der Waals surface area (Å²) in [7, 11) is 0. The van der Waals surface area contributed by atoms with Gasteiger partial charge in [0.2, 0.25) is 0 Å². The van der Waals surface area contributed by atoms with E-state index in [0.29, 0.717) is 0 Å². The van der Waals surface area contributed by atoms with Crippen molar-refractivity contribution in [2.45, 2.75) is 9.26 Å². The van der Waals surface area contributed by atoms with E-state index in [1.54, 1.807) is 0 Å². The second-order valence-corrected chi connectivity index (χ2v) is 64.9. The molecule has 11 heavy (non-hydrogen) atoms. The molecule has 0 radical (unpaired) electrons. The molecule has 0 saturated carbocycles. The first-order valence-corrected chi connectivity index (χ1v) is 27.1. The predicted octanol–water partition coefficient (Wildman–Crippen LogP) is 3.34. The van der Waals surface area contributed by atoms with Gasteiger partial charge in [-0.15, -0.1) is 0 Å². The van der Waals surface area contributed by atoms with E-state index in [1.807, 2.05) is 6.07 Å². The predicted molar refractivity (Wildman–Crippen MR) is 61.4 cm³/mol. The zero-order valence-electron chi connectivity index (χ0n) is 6.59. The van der Waals surface area contributed by atoms with Crippen molar-refractivity contribution in [3.63, 3.8) is 0 Å². The van der Waals surface area contributed by atoms with Crippen LogP contribution in [-0.4, -0.2) is 14.1 Å². The van der Waals surface area contributed by atoms with Crippen LogP contribution in [0.5, 0.6) is 0 Å². The molecule has 0 spiro atoms. The SMILES string of the molecule is [CH3][Bi]([CH3])([Br])([Br])[c]1ccccc1. The van der Waals surface area contributed by atoms with Crippen molar-refractivity contribution in [3.05, 3.63) is 30.3 Å². The molecule has 1 aromatic carbocycles. The third-order valence-electron chi connectivity index (χ3n) is 1.47. The van der Waals surface area contributed by atoms with Gasteiger partial charge in [-0.25, -0.2) is 0 Å². The fourth-order valence-corrected chi connectivity index (χ4v) is 8.85. The molecule has 3 heteroatoms. The van der Waals surface area contributed by atoms with E-state index in [-0.39, 0.29) is 0 Å². The van der Waals surface area contributed by atoms with Gasteiger partial charge in [-0.3, -0.25) is 0 Å². The quantitative estimate of drug-likeness (QED) is 0.547. The molecule has 0 aliphatic heterocycles. The van der Waals surface area contributed by atoms with Gasteiger partial charge in [0.15, 0.2) is 0 Å². The Morgan fingerprint density at radius 1 is 1.00 bits per heavy atom. The molecule has 0 heterocycles. The number of benzene rings is 1. The standard InChI is InChI=1S/C6H5.2CH3.Bi.2BrH/c1-2-4-6-5-3-1;;;;;/h1-5H;2*1H3;;2*1H/q;;;+2;;/p-2. The number of rotatable bonds is 1. The Bertz CT molecular complexity index is 239. The van der Waals surface area contributed by atoms with Gasteiger partial charge in [0.05, 0.1) is 0 Å². The van der Waals surface area contributed by atoms with Crippen molar-refractivity contribution >= 4 is 41.8 Å². The molecule has 1 rings (SSSR count). The summed E-state index contributed by atoms with van der Waals surface area (Å²) in [4.78, 5) is 0. The van der Waals surface area contributed by atoms with Crippen molar-refractivity contribution in [1.82, 2.24) is 0 Å². The molecular weight excluding hydrogens is 465 g/mol. The number of halogens is 2. The minimum atomic E-state index is -2.75. The van der Waals surface area contributed by atoms with E-state index in [0.717, 1.165) is 0 Å². The van der Waals surface area contributed by atoms with Gasteiger partial charge >= 0.3 is 81.4 Å². The van der Waals surface area contributed by atoms with Crippen LogP contribution >= 0.6 is 24.4 Å². The van der Waals surface area contributed by atoms with Crippen molar-refractivity contribution in [2.75, 3.05) is 0 Å². The van der Waals surface area contributed by atoms with Gasteiger partial charge in [0, 0.05) is 0 Å². The molecule has 0 nitrogen and oxygen atoms in total. The van der Waals surface area contributed by atoms with Crippen LogP contribution in [0.2, 0.25) is 9.26 Å². The van der Waals surface area contributed by atoms with Crippen molar-refractivity contribution in [1.29, 1.82) is 0 Å². The van der Waals surface area contributed by atoms with E-state index in [4.69, 9.17) is 0 Å². The summed E-state index contributed by atoms with van der Waals surface area (Å²) >= 11 is 4.90. The Hall–Kier alpha value is 1.06. The molecular formula is C8H11BiBr2. The summed E-state index contributed by atoms with van der Waals surface area (Å²) in [6, 6.07) is 10.6. The van der Waals surface area contributed by atoms with Gasteiger partial charge < -0.3 is 0 Å². The second kappa shape index (κ2) is 3.08. The maximum atomic E-state index is 3.82. The maximum absolute atomic E-state index is 3.82. The van der Waals surface area contributed by atoms with Crippen LogP contribution in [-0.2, 0) is 0 Å². The third kappa shape index (κ3) is 3.12. The second-order valence-electron chi connectivity index (χ2n) is 3.14. The monoisotopic (exact) mass is 474 g/mol. The summed E-state index contributed by atoms with van der Waals surface area (Å²) in [6.45, 7) is 0. The molecule has 0 N–H and O–H groups in total. The summed E-state index contributed by atoms with van der Waals surface area (Å²) in [5, 5.41) is 0. The van der Waals surface area contributed by atoms with Crippen molar-refractivity contribution in [2.24, 2.45) is 0 Å². The zero-order valence-corrected chi connectivity index (χ0v) is 13.2. The Kier molecular flexibility index (Phi) is 2.84. The van der Waals surface area contributed by atoms with E-state index in [2.05, 4.69) is 58.0 Å². The van der Waals surface area contributed by atoms with E-state index < -0.39 is 14.1 Å². The number of hydrogen-bond acceptors (Lipinski definition) is 0. The van der Waals surface area contributed by atoms with Gasteiger partial charge in [0.1, 0.15) is 0 Å². The molecule has 62 valence electrons. The van der Waals surface area contributed by atoms with Crippen LogP contribution < -0.4 is 3.27 Å². The molecule has 0 saturated heterocycles. The minimum absolute atomic E-state index is 1.43. The summed E-state index contributed by atoms with van der Waals surface area (Å²) in [5.41, 5.74) is 0. The first-order chi connectivity index (χ1) is 4.86. The van der Waals surface area contributed by atoms with Crippen molar-refractivity contribution < 1.29 is 0 Å². The normalized spacial score (nSPS) is 15.5. The Morgan fingerprint density at radius 3 is 1.73 bits per heavy atom. The van der Waals surface area contributed by atoms with E-state index in [1.165, 1.54) is 3.27 Å². The molecule has 1 aromatic rings. The molecule has 0 aromatic heterocycles. The molecule has 0 fully saturated rings. The average Bonchev–Trinajstić information content (AvgIpc) is 1.86. The summed E-state index contributed by atoms with van der Waals surface area (Å²) < 4.78 is 6.01. The van der Waals surface area contributed by atoms with E-state index in [9.17, 15) is 0 Å². The third-order valence-corrected chi connectivity index (χ3v) is 15.3. The van der Waals surface area contributed by atoms with E-state index >= 15 is 0 Å². The molecule has 0 atom stereocenters. The average molecular weight is 476 g/mol. The summed E-state index contributed by atoms with van der Waals surface area (Å²) in [6.07, 6.45) is 0. The Morgan fingerprint density at radius 2 is 1.45 bits per heavy atom. The van der Waals surface area contributed by atoms with Crippen LogP contribution in [0.4, 0.5) is 0 Å². The molecule has 0 aliphatic carbocycles. The molecule has 0 bridgehead atoms. The van der Waals surface area contributed by atoms with Crippen molar-refractivity contribution in [3.8, 4) is 0 Å². The fraction of sp³-hybridized carbons (Fsp3) is 0.250. The zero-order chi connectivity index (χ0) is 8.56. The fourth-order valence-electron chi connectivity index (χ4n) is 0.839.